The zero-order valence-corrected chi connectivity index (χ0v) is 7.61. The van der Waals surface area contributed by atoms with Gasteiger partial charge in [-0.25, -0.2) is 0 Å². The summed E-state index contributed by atoms with van der Waals surface area (Å²) in [4.78, 5) is 7.77. The van der Waals surface area contributed by atoms with Gasteiger partial charge in [-0.05, 0) is 18.9 Å². The summed E-state index contributed by atoms with van der Waals surface area (Å²) in [5, 5.41) is 0.971. The van der Waals surface area contributed by atoms with E-state index in [1.165, 1.54) is 0 Å². The lowest BCUT2D eigenvalue weighted by Crippen LogP contribution is -2.31. The normalized spacial score (nSPS) is 19.7. The maximum absolute atomic E-state index is 7.77. The lowest BCUT2D eigenvalue weighted by Gasteiger charge is -2.18. The van der Waals surface area contributed by atoms with Gasteiger partial charge < -0.3 is 9.53 Å². The van der Waals surface area contributed by atoms with Gasteiger partial charge in [-0.1, -0.05) is 0 Å². The third-order valence-corrected chi connectivity index (χ3v) is 3.13. The second kappa shape index (κ2) is 2.76. The minimum absolute atomic E-state index is 0.821. The van der Waals surface area contributed by atoms with Gasteiger partial charge in [0.05, 0.1) is 6.61 Å². The summed E-state index contributed by atoms with van der Waals surface area (Å²) in [5.41, 5.74) is 0. The summed E-state index contributed by atoms with van der Waals surface area (Å²) in [5.74, 6) is 0. The molecule has 0 fully saturated rings. The SMILES string of the molecule is C[Si](C)([OH2+])C1=CCCCO1. The highest BCUT2D eigenvalue weighted by molar-refractivity contribution is 6.76. The van der Waals surface area contributed by atoms with E-state index < -0.39 is 8.32 Å². The number of rotatable bonds is 1. The molecule has 1 heterocycles. The van der Waals surface area contributed by atoms with Crippen molar-refractivity contribution in [3.63, 3.8) is 0 Å². The van der Waals surface area contributed by atoms with Crippen LogP contribution in [0.15, 0.2) is 11.5 Å². The van der Waals surface area contributed by atoms with Crippen molar-refractivity contribution in [2.24, 2.45) is 0 Å². The zero-order chi connectivity index (χ0) is 7.61. The van der Waals surface area contributed by atoms with Crippen LogP contribution in [-0.4, -0.2) is 19.7 Å². The average Bonchev–Trinajstić information content (AvgIpc) is 1.88. The van der Waals surface area contributed by atoms with E-state index in [1.54, 1.807) is 0 Å². The van der Waals surface area contributed by atoms with Crippen LogP contribution in [0.3, 0.4) is 0 Å². The molecule has 0 aromatic carbocycles. The fourth-order valence-electron chi connectivity index (χ4n) is 0.993. The summed E-state index contributed by atoms with van der Waals surface area (Å²) in [6.07, 6.45) is 4.31. The lowest BCUT2D eigenvalue weighted by molar-refractivity contribution is 0.205. The molecular weight excluding hydrogens is 144 g/mol. The molecule has 1 aliphatic heterocycles. The lowest BCUT2D eigenvalue weighted by atomic mass is 10.3. The number of ether oxygens (including phenoxy) is 1. The molecule has 0 aliphatic carbocycles. The summed E-state index contributed by atoms with van der Waals surface area (Å²) < 4.78 is 5.38. The van der Waals surface area contributed by atoms with Gasteiger partial charge >= 0.3 is 8.32 Å². The number of hydrogen-bond acceptors (Lipinski definition) is 1. The Balaban J connectivity index is 2.62. The number of allylic oxidation sites excluding steroid dienone is 1. The quantitative estimate of drug-likeness (QED) is 0.417. The molecule has 0 bridgehead atoms. The van der Waals surface area contributed by atoms with Gasteiger partial charge in [0, 0.05) is 13.1 Å². The molecule has 2 N–H and O–H groups in total. The Morgan fingerprint density at radius 3 is 2.60 bits per heavy atom. The fourth-order valence-corrected chi connectivity index (χ4v) is 2.11. The van der Waals surface area contributed by atoms with E-state index in [9.17, 15) is 0 Å². The molecule has 2 nitrogen and oxygen atoms in total. The Hall–Kier alpha value is -0.283. The van der Waals surface area contributed by atoms with Crippen LogP contribution in [0.4, 0.5) is 0 Å². The van der Waals surface area contributed by atoms with E-state index in [1.807, 2.05) is 13.1 Å². The van der Waals surface area contributed by atoms with E-state index in [2.05, 4.69) is 6.08 Å². The van der Waals surface area contributed by atoms with Crippen LogP contribution in [0.2, 0.25) is 13.1 Å². The first-order valence-electron chi connectivity index (χ1n) is 3.69. The van der Waals surface area contributed by atoms with Crippen molar-refractivity contribution in [2.45, 2.75) is 25.9 Å². The van der Waals surface area contributed by atoms with Crippen LogP contribution in [0.1, 0.15) is 12.8 Å². The molecule has 0 saturated heterocycles. The van der Waals surface area contributed by atoms with Crippen molar-refractivity contribution in [3.05, 3.63) is 11.5 Å². The fraction of sp³-hybridized carbons (Fsp3) is 0.714. The van der Waals surface area contributed by atoms with Gasteiger partial charge in [0.15, 0.2) is 5.38 Å². The molecule has 0 radical (unpaired) electrons. The van der Waals surface area contributed by atoms with Crippen molar-refractivity contribution < 1.29 is 9.53 Å². The molecule has 0 aromatic rings. The molecule has 10 heavy (non-hydrogen) atoms. The third kappa shape index (κ3) is 1.85. The Morgan fingerprint density at radius 2 is 2.30 bits per heavy atom. The van der Waals surface area contributed by atoms with Crippen LogP contribution in [0.5, 0.6) is 0 Å². The Bertz CT molecular complexity index is 146. The molecule has 1 aliphatic rings. The second-order valence-electron chi connectivity index (χ2n) is 3.18. The molecule has 0 unspecified atom stereocenters. The first-order chi connectivity index (χ1) is 4.61. The summed E-state index contributed by atoms with van der Waals surface area (Å²) >= 11 is 0. The summed E-state index contributed by atoms with van der Waals surface area (Å²) in [7, 11) is -1.87. The zero-order valence-electron chi connectivity index (χ0n) is 6.61. The average molecular weight is 159 g/mol. The van der Waals surface area contributed by atoms with E-state index in [-0.39, 0.29) is 0 Å². The van der Waals surface area contributed by atoms with Gasteiger partial charge in [-0.15, -0.1) is 0 Å². The van der Waals surface area contributed by atoms with Crippen LogP contribution in [-0.2, 0) is 4.74 Å². The standard InChI is InChI=1S/C7H14O2Si/c1-10(2,8)7-5-3-4-6-9-7/h5,8H,3-4,6H2,1-2H3/p+1. The predicted molar refractivity (Wildman–Crippen MR) is 44.4 cm³/mol. The first kappa shape index (κ1) is 7.82. The summed E-state index contributed by atoms with van der Waals surface area (Å²) in [6, 6.07) is 0. The molecule has 0 amide bonds. The monoisotopic (exact) mass is 159 g/mol. The maximum Gasteiger partial charge on any atom is 0.445 e. The smallest absolute Gasteiger partial charge is 0.445 e. The van der Waals surface area contributed by atoms with Crippen molar-refractivity contribution >= 4 is 8.32 Å². The van der Waals surface area contributed by atoms with Crippen LogP contribution >= 0.6 is 0 Å². The molecule has 1 rings (SSSR count). The minimum Gasteiger partial charge on any atom is -0.537 e. The van der Waals surface area contributed by atoms with E-state index in [0.717, 1.165) is 24.8 Å². The van der Waals surface area contributed by atoms with Crippen LogP contribution < -0.4 is 0 Å². The largest absolute Gasteiger partial charge is 0.537 e. The van der Waals surface area contributed by atoms with Crippen molar-refractivity contribution in [3.8, 4) is 0 Å². The van der Waals surface area contributed by atoms with Gasteiger partial charge in [-0.3, -0.25) is 0 Å². The van der Waals surface area contributed by atoms with Crippen LogP contribution in [0.25, 0.3) is 0 Å². The molecule has 58 valence electrons. The molecule has 0 atom stereocenters. The van der Waals surface area contributed by atoms with E-state index in [4.69, 9.17) is 9.53 Å². The minimum atomic E-state index is -1.87. The third-order valence-electron chi connectivity index (χ3n) is 1.55. The molecule has 0 spiro atoms. The molecule has 0 saturated carbocycles. The van der Waals surface area contributed by atoms with Crippen LogP contribution in [0, 0.1) is 0 Å². The molecule has 3 heteroatoms. The summed E-state index contributed by atoms with van der Waals surface area (Å²) in [6.45, 7) is 4.80. The topological polar surface area (TPSA) is 32.1 Å². The van der Waals surface area contributed by atoms with E-state index in [0.29, 0.717) is 0 Å². The van der Waals surface area contributed by atoms with E-state index >= 15 is 0 Å². The maximum atomic E-state index is 7.77. The Kier molecular flexibility index (Phi) is 2.16. The van der Waals surface area contributed by atoms with Gasteiger partial charge in [0.1, 0.15) is 0 Å². The number of hydrogen-bond donors (Lipinski definition) is 0. The highest BCUT2D eigenvalue weighted by Gasteiger charge is 2.35. The highest BCUT2D eigenvalue weighted by Crippen LogP contribution is 2.18. The second-order valence-corrected chi connectivity index (χ2v) is 6.93. The first-order valence-corrected chi connectivity index (χ1v) is 6.69. The van der Waals surface area contributed by atoms with Crippen molar-refractivity contribution in [1.29, 1.82) is 0 Å². The Labute approximate surface area is 62.6 Å². The van der Waals surface area contributed by atoms with Gasteiger partial charge in [0.25, 0.3) is 0 Å². The predicted octanol–water partition coefficient (Wildman–Crippen LogP) is 1.15. The van der Waals surface area contributed by atoms with Crippen molar-refractivity contribution in [1.82, 2.24) is 0 Å². The Morgan fingerprint density at radius 1 is 1.60 bits per heavy atom. The highest BCUT2D eigenvalue weighted by atomic mass is 28.4. The van der Waals surface area contributed by atoms with Crippen molar-refractivity contribution in [2.75, 3.05) is 6.61 Å². The van der Waals surface area contributed by atoms with Gasteiger partial charge in [0.2, 0.25) is 0 Å². The molecule has 0 aromatic heterocycles. The molecular formula is C7H15O2Si+. The van der Waals surface area contributed by atoms with Gasteiger partial charge in [-0.2, -0.15) is 0 Å².